The summed E-state index contributed by atoms with van der Waals surface area (Å²) in [6.07, 6.45) is 8.31. The number of halogens is 1. The van der Waals surface area contributed by atoms with Gasteiger partial charge in [-0.3, -0.25) is 14.5 Å². The highest BCUT2D eigenvalue weighted by Gasteiger charge is 2.51. The van der Waals surface area contributed by atoms with Crippen LogP contribution in [-0.2, 0) is 19.6 Å². The van der Waals surface area contributed by atoms with Crippen molar-refractivity contribution in [2.24, 2.45) is 0 Å². The van der Waals surface area contributed by atoms with E-state index in [1.807, 2.05) is 0 Å². The van der Waals surface area contributed by atoms with Gasteiger partial charge < -0.3 is 10.1 Å². The fourth-order valence-electron chi connectivity index (χ4n) is 4.55. The molecule has 2 amide bonds. The molecular formula is C22H32ClN3O5S. The Hall–Kier alpha value is -1.84. The standard InChI is InChI=1S/C22H32ClN3O5S/c1-22(21(28)24-17-9-7-5-4-6-8-10-17)15-25(32(3,29)30)14-20(27)26(22)18-13-16(23)11-12-19(18)31-2/h11-13,17H,4-10,14-15H2,1-3H3,(H,24,28). The van der Waals surface area contributed by atoms with Crippen LogP contribution < -0.4 is 15.0 Å². The van der Waals surface area contributed by atoms with Crippen LogP contribution in [-0.4, -0.2) is 62.6 Å². The Morgan fingerprint density at radius 2 is 1.81 bits per heavy atom. The third-order valence-electron chi connectivity index (χ3n) is 6.32. The van der Waals surface area contributed by atoms with E-state index in [-0.39, 0.29) is 25.0 Å². The molecule has 1 N–H and O–H groups in total. The molecule has 0 spiro atoms. The smallest absolute Gasteiger partial charge is 0.247 e. The number of rotatable bonds is 5. The van der Waals surface area contributed by atoms with Crippen molar-refractivity contribution in [3.8, 4) is 5.75 Å². The number of anilines is 1. The summed E-state index contributed by atoms with van der Waals surface area (Å²) in [5, 5.41) is 3.49. The van der Waals surface area contributed by atoms with Crippen molar-refractivity contribution in [2.45, 2.75) is 63.5 Å². The second-order valence-corrected chi connectivity index (χ2v) is 11.3. The van der Waals surface area contributed by atoms with Gasteiger partial charge in [-0.15, -0.1) is 0 Å². The molecular weight excluding hydrogens is 454 g/mol. The van der Waals surface area contributed by atoms with Gasteiger partial charge in [0.05, 0.1) is 25.6 Å². The first-order chi connectivity index (χ1) is 15.1. The quantitative estimate of drug-likeness (QED) is 0.691. The maximum atomic E-state index is 13.7. The van der Waals surface area contributed by atoms with Gasteiger partial charge in [-0.1, -0.05) is 43.7 Å². The molecule has 0 bridgehead atoms. The lowest BCUT2D eigenvalue weighted by molar-refractivity contribution is -0.133. The van der Waals surface area contributed by atoms with Crippen LogP contribution in [0.1, 0.15) is 51.9 Å². The van der Waals surface area contributed by atoms with Crippen molar-refractivity contribution in [1.82, 2.24) is 9.62 Å². The Bertz CT molecular complexity index is 962. The summed E-state index contributed by atoms with van der Waals surface area (Å²) >= 11 is 6.20. The van der Waals surface area contributed by atoms with Crippen LogP contribution in [0.2, 0.25) is 5.02 Å². The average Bonchev–Trinajstić information content (AvgIpc) is 2.68. The third-order valence-corrected chi connectivity index (χ3v) is 7.75. The molecule has 32 heavy (non-hydrogen) atoms. The van der Waals surface area contributed by atoms with Crippen LogP contribution in [0, 0.1) is 0 Å². The number of nitrogens with one attached hydrogen (secondary N) is 1. The fraction of sp³-hybridized carbons (Fsp3) is 0.636. The average molecular weight is 486 g/mol. The highest BCUT2D eigenvalue weighted by Crippen LogP contribution is 2.38. The van der Waals surface area contributed by atoms with Gasteiger partial charge in [-0.05, 0) is 38.0 Å². The minimum Gasteiger partial charge on any atom is -0.495 e. The van der Waals surface area contributed by atoms with Crippen molar-refractivity contribution >= 4 is 39.1 Å². The number of benzene rings is 1. The van der Waals surface area contributed by atoms with Crippen LogP contribution in [0.15, 0.2) is 18.2 Å². The number of carbonyl (C=O) groups excluding carboxylic acids is 2. The van der Waals surface area contributed by atoms with Gasteiger partial charge in [-0.2, -0.15) is 4.31 Å². The number of methoxy groups -OCH3 is 1. The number of nitrogens with zero attached hydrogens (tertiary/aromatic N) is 2. The van der Waals surface area contributed by atoms with E-state index >= 15 is 0 Å². The Kier molecular flexibility index (Phi) is 7.73. The van der Waals surface area contributed by atoms with E-state index in [4.69, 9.17) is 16.3 Å². The van der Waals surface area contributed by atoms with E-state index in [2.05, 4.69) is 5.32 Å². The largest absolute Gasteiger partial charge is 0.495 e. The van der Waals surface area contributed by atoms with Gasteiger partial charge in [0.2, 0.25) is 21.8 Å². The molecule has 1 saturated carbocycles. The molecule has 0 radical (unpaired) electrons. The summed E-state index contributed by atoms with van der Waals surface area (Å²) in [7, 11) is -2.22. The van der Waals surface area contributed by atoms with E-state index in [1.54, 1.807) is 25.1 Å². The maximum Gasteiger partial charge on any atom is 0.247 e. The minimum absolute atomic E-state index is 0.00792. The first-order valence-corrected chi connectivity index (χ1v) is 13.2. The number of hydrogen-bond donors (Lipinski definition) is 1. The summed E-state index contributed by atoms with van der Waals surface area (Å²) in [6.45, 7) is 1.08. The Labute approximate surface area is 195 Å². The molecule has 1 heterocycles. The molecule has 1 aromatic rings. The second-order valence-electron chi connectivity index (χ2n) is 8.87. The zero-order valence-electron chi connectivity index (χ0n) is 18.9. The SMILES string of the molecule is COc1ccc(Cl)cc1N1C(=O)CN(S(C)(=O)=O)CC1(C)C(=O)NC1CCCCCCC1. The van der Waals surface area contributed by atoms with Crippen molar-refractivity contribution in [3.63, 3.8) is 0 Å². The predicted octanol–water partition coefficient (Wildman–Crippen LogP) is 2.94. The summed E-state index contributed by atoms with van der Waals surface area (Å²) in [6, 6.07) is 4.82. The number of piperazine rings is 1. The van der Waals surface area contributed by atoms with Gasteiger partial charge in [0.15, 0.2) is 0 Å². The Balaban J connectivity index is 2.01. The maximum absolute atomic E-state index is 13.7. The van der Waals surface area contributed by atoms with E-state index in [1.165, 1.54) is 18.4 Å². The number of carbonyl (C=O) groups is 2. The molecule has 8 nitrogen and oxygen atoms in total. The van der Waals surface area contributed by atoms with Gasteiger partial charge in [0.1, 0.15) is 11.3 Å². The van der Waals surface area contributed by atoms with Crippen LogP contribution in [0.5, 0.6) is 5.75 Å². The number of hydrogen-bond acceptors (Lipinski definition) is 5. The lowest BCUT2D eigenvalue weighted by Crippen LogP contribution is -2.70. The van der Waals surface area contributed by atoms with E-state index < -0.39 is 21.5 Å². The lowest BCUT2D eigenvalue weighted by atomic mass is 9.92. The topological polar surface area (TPSA) is 96.0 Å². The Morgan fingerprint density at radius 1 is 1.19 bits per heavy atom. The van der Waals surface area contributed by atoms with Gasteiger partial charge in [0, 0.05) is 17.6 Å². The highest BCUT2D eigenvalue weighted by atomic mass is 35.5. The molecule has 2 fully saturated rings. The molecule has 10 heteroatoms. The summed E-state index contributed by atoms with van der Waals surface area (Å²) in [5.41, 5.74) is -1.13. The zero-order valence-corrected chi connectivity index (χ0v) is 20.5. The van der Waals surface area contributed by atoms with E-state index in [0.717, 1.165) is 49.1 Å². The molecule has 1 saturated heterocycles. The number of sulfonamides is 1. The van der Waals surface area contributed by atoms with Crippen molar-refractivity contribution in [1.29, 1.82) is 0 Å². The van der Waals surface area contributed by atoms with Gasteiger partial charge >= 0.3 is 0 Å². The molecule has 2 aliphatic rings. The molecule has 1 aliphatic heterocycles. The Morgan fingerprint density at radius 3 is 2.41 bits per heavy atom. The third kappa shape index (κ3) is 5.38. The number of amides is 2. The predicted molar refractivity (Wildman–Crippen MR) is 125 cm³/mol. The fourth-order valence-corrected chi connectivity index (χ4v) is 5.55. The van der Waals surface area contributed by atoms with Crippen molar-refractivity contribution in [3.05, 3.63) is 23.2 Å². The molecule has 1 atom stereocenters. The molecule has 3 rings (SSSR count). The van der Waals surface area contributed by atoms with Crippen molar-refractivity contribution < 1.29 is 22.7 Å². The van der Waals surface area contributed by atoms with Crippen LogP contribution in [0.4, 0.5) is 5.69 Å². The van der Waals surface area contributed by atoms with Crippen LogP contribution in [0.25, 0.3) is 0 Å². The van der Waals surface area contributed by atoms with E-state index in [0.29, 0.717) is 16.5 Å². The van der Waals surface area contributed by atoms with E-state index in [9.17, 15) is 18.0 Å². The molecule has 178 valence electrons. The van der Waals surface area contributed by atoms with Crippen LogP contribution in [0.3, 0.4) is 0 Å². The summed E-state index contributed by atoms with van der Waals surface area (Å²) in [5.74, 6) is -0.523. The van der Waals surface area contributed by atoms with Gasteiger partial charge in [0.25, 0.3) is 0 Å². The normalized spacial score (nSPS) is 24.0. The first kappa shape index (κ1) is 24.8. The molecule has 1 aromatic carbocycles. The number of ether oxygens (including phenoxy) is 1. The van der Waals surface area contributed by atoms with Crippen LogP contribution >= 0.6 is 11.6 Å². The molecule has 1 unspecified atom stereocenters. The lowest BCUT2D eigenvalue weighted by Gasteiger charge is -2.47. The van der Waals surface area contributed by atoms with Crippen molar-refractivity contribution in [2.75, 3.05) is 31.4 Å². The first-order valence-electron chi connectivity index (χ1n) is 11.0. The van der Waals surface area contributed by atoms with Gasteiger partial charge in [-0.25, -0.2) is 8.42 Å². The highest BCUT2D eigenvalue weighted by molar-refractivity contribution is 7.88. The summed E-state index contributed by atoms with van der Waals surface area (Å²) < 4.78 is 31.1. The molecule has 1 aliphatic carbocycles. The molecule has 0 aromatic heterocycles. The minimum atomic E-state index is -3.69. The monoisotopic (exact) mass is 485 g/mol. The second kappa shape index (κ2) is 9.97. The zero-order chi connectivity index (χ0) is 23.5. The summed E-state index contributed by atoms with van der Waals surface area (Å²) in [4.78, 5) is 28.3.